The Balaban J connectivity index is 0.00000420. The minimum absolute atomic E-state index is 0. The fourth-order valence-electron chi connectivity index (χ4n) is 2.58. The fraction of sp³-hybridized carbons (Fsp3) is 0.571. The first-order chi connectivity index (χ1) is 13.5. The zero-order valence-corrected chi connectivity index (χ0v) is 28.5. The van der Waals surface area contributed by atoms with Gasteiger partial charge >= 0.3 is 58.2 Å². The largest absolute Gasteiger partial charge is 1.00 e. The van der Waals surface area contributed by atoms with Crippen molar-refractivity contribution in [1.29, 1.82) is 0 Å². The van der Waals surface area contributed by atoms with E-state index in [0.717, 1.165) is 24.2 Å². The number of hydrogen-bond acceptors (Lipinski definition) is 5. The summed E-state index contributed by atoms with van der Waals surface area (Å²) in [6, 6.07) is 7.32. The van der Waals surface area contributed by atoms with Gasteiger partial charge in [-0.15, -0.1) is 6.54 Å². The molecule has 30 heavy (non-hydrogen) atoms. The summed E-state index contributed by atoms with van der Waals surface area (Å²) < 4.78 is 10.7. The van der Waals surface area contributed by atoms with Crippen molar-refractivity contribution in [3.8, 4) is 0 Å². The van der Waals surface area contributed by atoms with E-state index >= 15 is 0 Å². The number of amides is 3. The van der Waals surface area contributed by atoms with Crippen molar-refractivity contribution in [2.45, 2.75) is 39.7 Å². The molecule has 7 nitrogen and oxygen atoms in total. The molecule has 0 saturated carbocycles. The topological polar surface area (TPSA) is 87.0 Å². The van der Waals surface area contributed by atoms with E-state index in [1.165, 1.54) is 4.90 Å². The summed E-state index contributed by atoms with van der Waals surface area (Å²) in [5, 5.41) is 3.99. The normalized spacial score (nSPS) is 12.6. The van der Waals surface area contributed by atoms with E-state index in [1.54, 1.807) is 0 Å². The Morgan fingerprint density at radius 2 is 1.73 bits per heavy atom. The zero-order chi connectivity index (χ0) is 20.4. The maximum absolute atomic E-state index is 11.9. The Bertz CT molecular complexity index is 668. The molecule has 1 aliphatic rings. The summed E-state index contributed by atoms with van der Waals surface area (Å²) in [5.41, 5.74) is 1.72. The Labute approximate surface area is 277 Å². The van der Waals surface area contributed by atoms with E-state index in [4.69, 9.17) is 9.47 Å². The molecule has 1 saturated heterocycles. The van der Waals surface area contributed by atoms with Crippen molar-refractivity contribution in [1.82, 2.24) is 4.90 Å². The number of imide groups is 1. The Hall–Kier alpha value is 1.36. The van der Waals surface area contributed by atoms with E-state index in [1.807, 2.05) is 24.3 Å². The van der Waals surface area contributed by atoms with Crippen molar-refractivity contribution in [3.05, 3.63) is 40.7 Å². The Morgan fingerprint density at radius 1 is 1.10 bits per heavy atom. The van der Waals surface area contributed by atoms with Crippen molar-refractivity contribution in [2.24, 2.45) is 5.92 Å². The second-order valence-corrected chi connectivity index (χ2v) is 7.27. The van der Waals surface area contributed by atoms with Crippen LogP contribution in [0.25, 0.3) is 5.32 Å². The van der Waals surface area contributed by atoms with Gasteiger partial charge in [-0.1, -0.05) is 43.7 Å². The van der Waals surface area contributed by atoms with Crippen LogP contribution >= 0.6 is 0 Å². The van der Waals surface area contributed by atoms with Gasteiger partial charge in [0, 0.05) is 91.0 Å². The molecular formula is C21H29N2O5Rb2. The summed E-state index contributed by atoms with van der Waals surface area (Å²) in [6.07, 6.45) is 1.41. The molecule has 1 fully saturated rings. The van der Waals surface area contributed by atoms with Crippen molar-refractivity contribution in [2.75, 3.05) is 33.0 Å². The SMILES string of the molecule is CC(C)COCCCOCC(=O)[N-]Cc1ccc(CC(=O)N2CCC2=O)cc1.[Rb+].[Rb]. The minimum atomic E-state index is -0.293. The molecule has 2 rings (SSSR count). The molecular weight excluding hydrogens is 531 g/mol. The number of ether oxygens (including phenoxy) is 2. The van der Waals surface area contributed by atoms with E-state index in [9.17, 15) is 14.4 Å². The van der Waals surface area contributed by atoms with Crippen LogP contribution in [0.5, 0.6) is 0 Å². The predicted octanol–water partition coefficient (Wildman–Crippen LogP) is -0.909. The first-order valence-electron chi connectivity index (χ1n) is 9.72. The third kappa shape index (κ3) is 12.6. The first kappa shape index (κ1) is 31.4. The van der Waals surface area contributed by atoms with Crippen LogP contribution in [0.15, 0.2) is 24.3 Å². The van der Waals surface area contributed by atoms with Gasteiger partial charge in [0.05, 0.1) is 18.9 Å². The summed E-state index contributed by atoms with van der Waals surface area (Å²) in [6.45, 7) is 6.80. The molecule has 0 bridgehead atoms. The quantitative estimate of drug-likeness (QED) is 0.244. The van der Waals surface area contributed by atoms with Crippen molar-refractivity contribution < 1.29 is 82.0 Å². The first-order valence-corrected chi connectivity index (χ1v) is 9.72. The van der Waals surface area contributed by atoms with Crippen LogP contribution in [0.2, 0.25) is 0 Å². The maximum Gasteiger partial charge on any atom is 1.00 e. The number of rotatable bonds is 12. The molecule has 1 radical (unpaired) electrons. The predicted molar refractivity (Wildman–Crippen MR) is 110 cm³/mol. The third-order valence-electron chi connectivity index (χ3n) is 4.22. The molecule has 1 aliphatic heterocycles. The second-order valence-electron chi connectivity index (χ2n) is 7.27. The molecule has 0 unspecified atom stereocenters. The number of carbonyl (C=O) groups is 3. The number of likely N-dealkylation sites (tertiary alicyclic amines) is 1. The van der Waals surface area contributed by atoms with Crippen molar-refractivity contribution in [3.63, 3.8) is 0 Å². The minimum Gasteiger partial charge on any atom is -0.648 e. The molecule has 9 heteroatoms. The number of benzene rings is 1. The Morgan fingerprint density at radius 3 is 2.30 bits per heavy atom. The third-order valence-corrected chi connectivity index (χ3v) is 4.22. The van der Waals surface area contributed by atoms with Crippen LogP contribution in [0.3, 0.4) is 0 Å². The van der Waals surface area contributed by atoms with Gasteiger partial charge in [0.1, 0.15) is 0 Å². The Kier molecular flexibility index (Phi) is 18.6. The van der Waals surface area contributed by atoms with Crippen LogP contribution < -0.4 is 58.2 Å². The summed E-state index contributed by atoms with van der Waals surface area (Å²) in [5.74, 6) is -0.0564. The second kappa shape index (κ2) is 17.8. The number of β-lactam (4-membered cyclic amide) rings is 1. The molecule has 1 aromatic rings. The number of hydrogen-bond donors (Lipinski definition) is 0. The van der Waals surface area contributed by atoms with Gasteiger partial charge in [-0.25, -0.2) is 0 Å². The van der Waals surface area contributed by atoms with Gasteiger partial charge < -0.3 is 19.6 Å². The van der Waals surface area contributed by atoms with Gasteiger partial charge in [-0.2, -0.15) is 0 Å². The van der Waals surface area contributed by atoms with Crippen LogP contribution in [-0.2, 0) is 36.8 Å². The van der Waals surface area contributed by atoms with E-state index in [2.05, 4.69) is 19.2 Å². The van der Waals surface area contributed by atoms with Gasteiger partial charge in [0.15, 0.2) is 0 Å². The number of nitrogens with zero attached hydrogens (tertiary/aromatic N) is 2. The van der Waals surface area contributed by atoms with Gasteiger partial charge in [-0.05, 0) is 17.9 Å². The van der Waals surface area contributed by atoms with Crippen LogP contribution in [0.4, 0.5) is 0 Å². The molecule has 0 spiro atoms. The molecule has 0 N–H and O–H groups in total. The molecule has 3 amide bonds. The molecule has 1 aromatic carbocycles. The summed E-state index contributed by atoms with van der Waals surface area (Å²) in [4.78, 5) is 36.2. The fourth-order valence-corrected chi connectivity index (χ4v) is 2.58. The van der Waals surface area contributed by atoms with Crippen LogP contribution in [-0.4, -0.2) is 114 Å². The average Bonchev–Trinajstić information content (AvgIpc) is 2.65. The van der Waals surface area contributed by atoms with Crippen LogP contribution in [0.1, 0.15) is 37.8 Å². The summed E-state index contributed by atoms with van der Waals surface area (Å²) >= 11 is 0. The number of carbonyl (C=O) groups excluding carboxylic acids is 3. The molecule has 1 heterocycles. The molecule has 155 valence electrons. The zero-order valence-electron chi connectivity index (χ0n) is 18.7. The van der Waals surface area contributed by atoms with E-state index in [0.29, 0.717) is 32.1 Å². The average molecular weight is 560 g/mol. The smallest absolute Gasteiger partial charge is 0.648 e. The molecule has 0 aromatic heterocycles. The van der Waals surface area contributed by atoms with Gasteiger partial charge in [-0.3, -0.25) is 14.5 Å². The van der Waals surface area contributed by atoms with Crippen LogP contribution in [0, 0.1) is 5.92 Å². The summed E-state index contributed by atoms with van der Waals surface area (Å²) in [7, 11) is 0. The van der Waals surface area contributed by atoms with Crippen molar-refractivity contribution >= 4 is 75.9 Å². The van der Waals surface area contributed by atoms with Gasteiger partial charge in [0.2, 0.25) is 11.8 Å². The van der Waals surface area contributed by atoms with E-state index in [-0.39, 0.29) is 154 Å². The molecule has 0 atom stereocenters. The monoisotopic (exact) mass is 559 g/mol. The standard InChI is InChI=1S/C21H30N2O5.2Rb/c1-16(2)14-27-10-3-11-28-15-19(24)22-13-18-6-4-17(5-7-18)12-21(26)23-9-8-20(23)25;;/h4-7,16H,3,8-15H2,1-2H3,(H,22,24);;/q;;+1/p-1. The maximum atomic E-state index is 11.9. The van der Waals surface area contributed by atoms with E-state index < -0.39 is 0 Å². The van der Waals surface area contributed by atoms with Gasteiger partial charge in [0.25, 0.3) is 0 Å². The molecule has 0 aliphatic carbocycles.